The summed E-state index contributed by atoms with van der Waals surface area (Å²) in [5, 5.41) is 3.14. The Bertz CT molecular complexity index is 832. The van der Waals surface area contributed by atoms with E-state index in [0.29, 0.717) is 12.3 Å². The van der Waals surface area contributed by atoms with Gasteiger partial charge in [0, 0.05) is 12.6 Å². The van der Waals surface area contributed by atoms with E-state index in [4.69, 9.17) is 9.47 Å². The zero-order valence-corrected chi connectivity index (χ0v) is 18.4. The van der Waals surface area contributed by atoms with E-state index in [1.165, 1.54) is 6.42 Å². The Hall–Kier alpha value is -3.02. The van der Waals surface area contributed by atoms with Crippen molar-refractivity contribution in [2.75, 3.05) is 13.7 Å². The minimum atomic E-state index is -0.589. The first kappa shape index (κ1) is 22.7. The molecule has 0 aromatic heterocycles. The van der Waals surface area contributed by atoms with Gasteiger partial charge in [-0.2, -0.15) is 0 Å². The third-order valence-corrected chi connectivity index (χ3v) is 5.74. The van der Waals surface area contributed by atoms with Crippen molar-refractivity contribution in [2.24, 2.45) is 0 Å². The number of nitrogens with one attached hydrogen (secondary N) is 1. The van der Waals surface area contributed by atoms with Crippen LogP contribution in [-0.2, 0) is 16.1 Å². The number of hydrogen-bond donors (Lipinski definition) is 1. The van der Waals surface area contributed by atoms with E-state index >= 15 is 0 Å². The molecule has 0 bridgehead atoms. The number of amides is 2. The van der Waals surface area contributed by atoms with E-state index in [2.05, 4.69) is 5.32 Å². The van der Waals surface area contributed by atoms with Crippen molar-refractivity contribution >= 4 is 11.8 Å². The molecule has 2 amide bonds. The molecule has 0 radical (unpaired) electrons. The van der Waals surface area contributed by atoms with Gasteiger partial charge in [0.1, 0.15) is 17.5 Å². The summed E-state index contributed by atoms with van der Waals surface area (Å²) in [5.41, 5.74) is 0.970. The summed E-state index contributed by atoms with van der Waals surface area (Å²) in [6.07, 6.45) is 5.52. The fraction of sp³-hybridized carbons (Fsp3) is 0.440. The summed E-state index contributed by atoms with van der Waals surface area (Å²) in [7, 11) is 1.60. The number of carbonyl (C=O) groups excluding carboxylic acids is 2. The van der Waals surface area contributed by atoms with Crippen LogP contribution in [-0.4, -0.2) is 42.5 Å². The lowest BCUT2D eigenvalue weighted by Crippen LogP contribution is -2.51. The first-order valence-electron chi connectivity index (χ1n) is 11.0. The second kappa shape index (κ2) is 11.4. The number of nitrogens with zero attached hydrogens (tertiary/aromatic N) is 1. The predicted octanol–water partition coefficient (Wildman–Crippen LogP) is 3.94. The molecule has 6 nitrogen and oxygen atoms in total. The van der Waals surface area contributed by atoms with Gasteiger partial charge in [0.25, 0.3) is 5.91 Å². The topological polar surface area (TPSA) is 67.9 Å². The number of rotatable bonds is 9. The molecule has 2 aromatic rings. The van der Waals surface area contributed by atoms with Crippen molar-refractivity contribution in [3.05, 3.63) is 60.2 Å². The molecule has 166 valence electrons. The zero-order chi connectivity index (χ0) is 22.1. The lowest BCUT2D eigenvalue weighted by molar-refractivity contribution is -0.142. The van der Waals surface area contributed by atoms with Crippen LogP contribution in [0.25, 0.3) is 0 Å². The SMILES string of the molecule is COc1ccc(OCC(=O)N(Cc2ccccc2)[C@H](C)C(=O)NC2CCCCC2)cc1. The summed E-state index contributed by atoms with van der Waals surface area (Å²) in [6, 6.07) is 16.4. The van der Waals surface area contributed by atoms with Gasteiger partial charge >= 0.3 is 0 Å². The molecule has 3 rings (SSSR count). The fourth-order valence-electron chi connectivity index (χ4n) is 3.83. The Morgan fingerprint density at radius 1 is 1.00 bits per heavy atom. The van der Waals surface area contributed by atoms with Crippen molar-refractivity contribution in [1.29, 1.82) is 0 Å². The van der Waals surface area contributed by atoms with E-state index in [-0.39, 0.29) is 24.5 Å². The Balaban J connectivity index is 1.66. The standard InChI is InChI=1S/C25H32N2O4/c1-19(25(29)26-21-11-7-4-8-12-21)27(17-20-9-5-3-6-10-20)24(28)18-31-23-15-13-22(30-2)14-16-23/h3,5-6,9-10,13-16,19,21H,4,7-8,11-12,17-18H2,1-2H3,(H,26,29)/t19-/m1/s1. The third kappa shape index (κ3) is 6.74. The highest BCUT2D eigenvalue weighted by Crippen LogP contribution is 2.19. The van der Waals surface area contributed by atoms with Gasteiger partial charge in [-0.1, -0.05) is 49.6 Å². The van der Waals surface area contributed by atoms with Gasteiger partial charge in [-0.15, -0.1) is 0 Å². The molecule has 1 atom stereocenters. The van der Waals surface area contributed by atoms with Crippen molar-refractivity contribution in [1.82, 2.24) is 10.2 Å². The summed E-state index contributed by atoms with van der Waals surface area (Å²) in [6.45, 7) is 2.00. The Morgan fingerprint density at radius 3 is 2.29 bits per heavy atom. The van der Waals surface area contributed by atoms with Gasteiger partial charge in [0.05, 0.1) is 7.11 Å². The molecule has 1 N–H and O–H groups in total. The van der Waals surface area contributed by atoms with Crippen LogP contribution in [0.2, 0.25) is 0 Å². The predicted molar refractivity (Wildman–Crippen MR) is 120 cm³/mol. The summed E-state index contributed by atoms with van der Waals surface area (Å²) in [4.78, 5) is 27.6. The van der Waals surface area contributed by atoms with Gasteiger partial charge in [0.15, 0.2) is 6.61 Å². The van der Waals surface area contributed by atoms with Gasteiger partial charge in [-0.3, -0.25) is 9.59 Å². The van der Waals surface area contributed by atoms with E-state index in [9.17, 15) is 9.59 Å². The molecule has 0 saturated heterocycles. The lowest BCUT2D eigenvalue weighted by atomic mass is 9.95. The van der Waals surface area contributed by atoms with E-state index in [1.54, 1.807) is 43.2 Å². The quantitative estimate of drug-likeness (QED) is 0.662. The van der Waals surface area contributed by atoms with Crippen molar-refractivity contribution in [2.45, 2.75) is 57.7 Å². The second-order valence-electron chi connectivity index (χ2n) is 7.99. The maximum absolute atomic E-state index is 13.1. The fourth-order valence-corrected chi connectivity index (χ4v) is 3.83. The summed E-state index contributed by atoms with van der Waals surface area (Å²) >= 11 is 0. The normalized spacial score (nSPS) is 15.0. The molecule has 31 heavy (non-hydrogen) atoms. The maximum atomic E-state index is 13.1. The van der Waals surface area contributed by atoms with E-state index in [0.717, 1.165) is 37.0 Å². The highest BCUT2D eigenvalue weighted by molar-refractivity contribution is 5.88. The van der Waals surface area contributed by atoms with Crippen LogP contribution in [0.1, 0.15) is 44.6 Å². The molecule has 2 aromatic carbocycles. The highest BCUT2D eigenvalue weighted by atomic mass is 16.5. The van der Waals surface area contributed by atoms with Crippen LogP contribution >= 0.6 is 0 Å². The molecule has 1 saturated carbocycles. The second-order valence-corrected chi connectivity index (χ2v) is 7.99. The van der Waals surface area contributed by atoms with Crippen LogP contribution in [0, 0.1) is 0 Å². The lowest BCUT2D eigenvalue weighted by Gasteiger charge is -2.31. The molecule has 1 aliphatic rings. The largest absolute Gasteiger partial charge is 0.497 e. The number of benzene rings is 2. The Labute approximate surface area is 184 Å². The number of carbonyl (C=O) groups is 2. The Morgan fingerprint density at radius 2 is 1.65 bits per heavy atom. The average Bonchev–Trinajstić information content (AvgIpc) is 2.82. The molecule has 0 spiro atoms. The van der Waals surface area contributed by atoms with Crippen LogP contribution in [0.15, 0.2) is 54.6 Å². The number of hydrogen-bond acceptors (Lipinski definition) is 4. The van der Waals surface area contributed by atoms with Crippen LogP contribution in [0.4, 0.5) is 0 Å². The summed E-state index contributed by atoms with van der Waals surface area (Å²) in [5.74, 6) is 0.956. The van der Waals surface area contributed by atoms with Crippen LogP contribution in [0.5, 0.6) is 11.5 Å². The first-order chi connectivity index (χ1) is 15.1. The zero-order valence-electron chi connectivity index (χ0n) is 18.4. The maximum Gasteiger partial charge on any atom is 0.261 e. The van der Waals surface area contributed by atoms with Crippen molar-refractivity contribution < 1.29 is 19.1 Å². The molecule has 0 aliphatic heterocycles. The molecule has 0 heterocycles. The smallest absolute Gasteiger partial charge is 0.261 e. The average molecular weight is 425 g/mol. The molecule has 6 heteroatoms. The van der Waals surface area contributed by atoms with Gasteiger partial charge in [-0.25, -0.2) is 0 Å². The number of methoxy groups -OCH3 is 1. The first-order valence-corrected chi connectivity index (χ1v) is 11.0. The van der Waals surface area contributed by atoms with Crippen LogP contribution < -0.4 is 14.8 Å². The minimum absolute atomic E-state index is 0.111. The van der Waals surface area contributed by atoms with Gasteiger partial charge in [0.2, 0.25) is 5.91 Å². The Kier molecular flexibility index (Phi) is 8.33. The molecule has 0 unspecified atom stereocenters. The van der Waals surface area contributed by atoms with Gasteiger partial charge < -0.3 is 19.7 Å². The highest BCUT2D eigenvalue weighted by Gasteiger charge is 2.28. The van der Waals surface area contributed by atoms with Crippen molar-refractivity contribution in [3.63, 3.8) is 0 Å². The monoisotopic (exact) mass is 424 g/mol. The molecular weight excluding hydrogens is 392 g/mol. The minimum Gasteiger partial charge on any atom is -0.497 e. The van der Waals surface area contributed by atoms with E-state index < -0.39 is 6.04 Å². The van der Waals surface area contributed by atoms with Crippen molar-refractivity contribution in [3.8, 4) is 11.5 Å². The third-order valence-electron chi connectivity index (χ3n) is 5.74. The molecule has 1 aliphatic carbocycles. The van der Waals surface area contributed by atoms with Gasteiger partial charge in [-0.05, 0) is 49.6 Å². The molecular formula is C25H32N2O4. The van der Waals surface area contributed by atoms with Crippen LogP contribution in [0.3, 0.4) is 0 Å². The molecule has 1 fully saturated rings. The van der Waals surface area contributed by atoms with E-state index in [1.807, 2.05) is 30.3 Å². The summed E-state index contributed by atoms with van der Waals surface area (Å²) < 4.78 is 10.8. The number of ether oxygens (including phenoxy) is 2.